The maximum Gasteiger partial charge on any atom is 0.234 e. The highest BCUT2D eigenvalue weighted by atomic mass is 32.1. The fourth-order valence-corrected chi connectivity index (χ4v) is 1.96. The summed E-state index contributed by atoms with van der Waals surface area (Å²) in [5, 5.41) is 5.65. The van der Waals surface area contributed by atoms with Crippen LogP contribution in [0.15, 0.2) is 24.3 Å². The quantitative estimate of drug-likeness (QED) is 0.680. The van der Waals surface area contributed by atoms with Crippen LogP contribution in [-0.4, -0.2) is 17.9 Å². The minimum absolute atomic E-state index is 0.0625. The van der Waals surface area contributed by atoms with E-state index < -0.39 is 0 Å². The third-order valence-electron chi connectivity index (χ3n) is 2.30. The van der Waals surface area contributed by atoms with Crippen molar-refractivity contribution in [1.82, 2.24) is 5.32 Å². The lowest BCUT2D eigenvalue weighted by Gasteiger charge is -2.07. The average molecular weight is 206 g/mol. The molecule has 2 rings (SSSR count). The molecule has 0 radical (unpaired) electrons. The lowest BCUT2D eigenvalue weighted by molar-refractivity contribution is -0.120. The van der Waals surface area contributed by atoms with E-state index in [1.165, 1.54) is 0 Å². The molecule has 2 N–H and O–H groups in total. The van der Waals surface area contributed by atoms with Crippen molar-refractivity contribution < 1.29 is 4.79 Å². The van der Waals surface area contributed by atoms with Gasteiger partial charge in [-0.1, -0.05) is 30.4 Å². The Balaban J connectivity index is 2.44. The summed E-state index contributed by atoms with van der Waals surface area (Å²) >= 11 is 5.12. The molecule has 1 unspecified atom stereocenters. The van der Waals surface area contributed by atoms with Gasteiger partial charge in [0.2, 0.25) is 5.91 Å². The van der Waals surface area contributed by atoms with Gasteiger partial charge in [0.25, 0.3) is 0 Å². The second kappa shape index (κ2) is 3.38. The van der Waals surface area contributed by atoms with Crippen LogP contribution in [0, 0.1) is 0 Å². The number of fused-ring (bicyclic) bond motifs is 1. The van der Waals surface area contributed by atoms with Gasteiger partial charge in [-0.15, -0.1) is 0 Å². The monoisotopic (exact) mass is 206 g/mol. The minimum atomic E-state index is -0.328. The highest BCUT2D eigenvalue weighted by Gasteiger charge is 2.32. The number of hydrogen-bond donors (Lipinski definition) is 2. The molecule has 1 aliphatic rings. The van der Waals surface area contributed by atoms with E-state index in [0.29, 0.717) is 4.99 Å². The van der Waals surface area contributed by atoms with E-state index >= 15 is 0 Å². The van der Waals surface area contributed by atoms with Gasteiger partial charge < -0.3 is 10.6 Å². The first-order chi connectivity index (χ1) is 6.74. The Morgan fingerprint density at radius 2 is 2.21 bits per heavy atom. The van der Waals surface area contributed by atoms with Crippen LogP contribution in [0.4, 0.5) is 5.69 Å². The van der Waals surface area contributed by atoms with E-state index in [0.717, 1.165) is 11.3 Å². The number of nitrogens with one attached hydrogen (secondary N) is 2. The number of rotatable bonds is 1. The lowest BCUT2D eigenvalue weighted by Crippen LogP contribution is -2.29. The normalized spacial score (nSPS) is 18.6. The SMILES string of the molecule is CNC(=O)C1C(=S)Nc2ccccc21. The van der Waals surface area contributed by atoms with Crippen LogP contribution >= 0.6 is 12.2 Å². The van der Waals surface area contributed by atoms with E-state index in [1.54, 1.807) is 7.05 Å². The number of hydrogen-bond acceptors (Lipinski definition) is 2. The molecule has 0 aliphatic carbocycles. The molecule has 0 saturated heterocycles. The maximum atomic E-state index is 11.5. The predicted octanol–water partition coefficient (Wildman–Crippen LogP) is 1.27. The summed E-state index contributed by atoms with van der Waals surface area (Å²) in [6, 6.07) is 7.66. The van der Waals surface area contributed by atoms with Crippen molar-refractivity contribution in [3.8, 4) is 0 Å². The van der Waals surface area contributed by atoms with Crippen molar-refractivity contribution >= 4 is 28.8 Å². The number of carbonyl (C=O) groups excluding carboxylic acids is 1. The molecule has 4 heteroatoms. The number of likely N-dealkylation sites (N-methyl/N-ethyl adjacent to an activating group) is 1. The van der Waals surface area contributed by atoms with Crippen LogP contribution in [-0.2, 0) is 4.79 Å². The van der Waals surface area contributed by atoms with Crippen LogP contribution in [0.3, 0.4) is 0 Å². The zero-order chi connectivity index (χ0) is 10.1. The minimum Gasteiger partial charge on any atom is -0.358 e. The Morgan fingerprint density at radius 1 is 1.50 bits per heavy atom. The van der Waals surface area contributed by atoms with E-state index in [2.05, 4.69) is 10.6 Å². The molecule has 1 aliphatic heterocycles. The molecule has 3 nitrogen and oxygen atoms in total. The highest BCUT2D eigenvalue weighted by Crippen LogP contribution is 2.32. The number of para-hydroxylation sites is 1. The van der Waals surface area contributed by atoms with Gasteiger partial charge in [0.15, 0.2) is 0 Å². The summed E-state index contributed by atoms with van der Waals surface area (Å²) in [6.45, 7) is 0. The second-order valence-electron chi connectivity index (χ2n) is 3.12. The average Bonchev–Trinajstić information content (AvgIpc) is 2.53. The molecule has 1 amide bonds. The standard InChI is InChI=1S/C10H10N2OS/c1-11-9(13)8-6-4-2-3-5-7(6)12-10(8)14/h2-5,8H,1H3,(H,11,13)(H,12,14). The molecule has 1 atom stereocenters. The van der Waals surface area contributed by atoms with Crippen molar-refractivity contribution in [2.24, 2.45) is 0 Å². The Morgan fingerprint density at radius 3 is 2.93 bits per heavy atom. The van der Waals surface area contributed by atoms with Crippen LogP contribution in [0.1, 0.15) is 11.5 Å². The van der Waals surface area contributed by atoms with Crippen molar-refractivity contribution in [3.63, 3.8) is 0 Å². The molecule has 72 valence electrons. The zero-order valence-corrected chi connectivity index (χ0v) is 8.52. The Hall–Kier alpha value is -1.42. The van der Waals surface area contributed by atoms with Gasteiger partial charge in [-0.25, -0.2) is 0 Å². The number of benzene rings is 1. The van der Waals surface area contributed by atoms with Gasteiger partial charge in [-0.05, 0) is 11.6 Å². The maximum absolute atomic E-state index is 11.5. The molecule has 14 heavy (non-hydrogen) atoms. The number of carbonyl (C=O) groups is 1. The molecule has 0 saturated carbocycles. The predicted molar refractivity (Wildman–Crippen MR) is 59.5 cm³/mol. The zero-order valence-electron chi connectivity index (χ0n) is 7.70. The van der Waals surface area contributed by atoms with Crippen molar-refractivity contribution in [3.05, 3.63) is 29.8 Å². The molecular formula is C10H10N2OS. The number of thiocarbonyl (C=S) groups is 1. The Kier molecular flexibility index (Phi) is 2.21. The first-order valence-electron chi connectivity index (χ1n) is 4.35. The van der Waals surface area contributed by atoms with Crippen LogP contribution in [0.2, 0.25) is 0 Å². The van der Waals surface area contributed by atoms with Gasteiger partial charge in [0, 0.05) is 12.7 Å². The topological polar surface area (TPSA) is 41.1 Å². The molecule has 1 heterocycles. The molecular weight excluding hydrogens is 196 g/mol. The third kappa shape index (κ3) is 1.28. The van der Waals surface area contributed by atoms with Crippen molar-refractivity contribution in [2.75, 3.05) is 12.4 Å². The fourth-order valence-electron chi connectivity index (χ4n) is 1.61. The lowest BCUT2D eigenvalue weighted by atomic mass is 10.0. The highest BCUT2D eigenvalue weighted by molar-refractivity contribution is 7.80. The molecule has 1 aromatic carbocycles. The fraction of sp³-hybridized carbons (Fsp3) is 0.200. The molecule has 0 spiro atoms. The first-order valence-corrected chi connectivity index (χ1v) is 4.76. The molecule has 0 fully saturated rings. The van der Waals surface area contributed by atoms with Gasteiger partial charge in [0.05, 0.1) is 4.99 Å². The van der Waals surface area contributed by atoms with E-state index in [4.69, 9.17) is 12.2 Å². The summed E-state index contributed by atoms with van der Waals surface area (Å²) in [4.78, 5) is 12.1. The Bertz CT molecular complexity index is 395. The van der Waals surface area contributed by atoms with Crippen molar-refractivity contribution in [1.29, 1.82) is 0 Å². The molecule has 0 aromatic heterocycles. The van der Waals surface area contributed by atoms with Crippen LogP contribution in [0.25, 0.3) is 0 Å². The summed E-state index contributed by atoms with van der Waals surface area (Å²) in [7, 11) is 1.62. The van der Waals surface area contributed by atoms with Gasteiger partial charge >= 0.3 is 0 Å². The first kappa shape index (κ1) is 9.15. The number of anilines is 1. The summed E-state index contributed by atoms with van der Waals surface area (Å²) in [5.74, 6) is -0.390. The summed E-state index contributed by atoms with van der Waals surface area (Å²) in [6.07, 6.45) is 0. The summed E-state index contributed by atoms with van der Waals surface area (Å²) < 4.78 is 0. The second-order valence-corrected chi connectivity index (χ2v) is 3.56. The van der Waals surface area contributed by atoms with Crippen molar-refractivity contribution in [2.45, 2.75) is 5.92 Å². The van der Waals surface area contributed by atoms with Gasteiger partial charge in [-0.3, -0.25) is 4.79 Å². The van der Waals surface area contributed by atoms with E-state index in [9.17, 15) is 4.79 Å². The molecule has 1 aromatic rings. The smallest absolute Gasteiger partial charge is 0.234 e. The van der Waals surface area contributed by atoms with E-state index in [1.807, 2.05) is 24.3 Å². The van der Waals surface area contributed by atoms with E-state index in [-0.39, 0.29) is 11.8 Å². The molecule has 0 bridgehead atoms. The third-order valence-corrected chi connectivity index (χ3v) is 2.64. The largest absolute Gasteiger partial charge is 0.358 e. The number of amides is 1. The van der Waals surface area contributed by atoms with Gasteiger partial charge in [-0.2, -0.15) is 0 Å². The van der Waals surface area contributed by atoms with Crippen LogP contribution < -0.4 is 10.6 Å². The Labute approximate surface area is 87.5 Å². The van der Waals surface area contributed by atoms with Gasteiger partial charge in [0.1, 0.15) is 5.92 Å². The summed E-state index contributed by atoms with van der Waals surface area (Å²) in [5.41, 5.74) is 1.89. The van der Waals surface area contributed by atoms with Crippen LogP contribution in [0.5, 0.6) is 0 Å².